The predicted octanol–water partition coefficient (Wildman–Crippen LogP) is 1.66. The van der Waals surface area contributed by atoms with Gasteiger partial charge < -0.3 is 21.1 Å². The van der Waals surface area contributed by atoms with Crippen LogP contribution in [0.15, 0.2) is 39.6 Å². The van der Waals surface area contributed by atoms with Gasteiger partial charge in [0.2, 0.25) is 0 Å². The van der Waals surface area contributed by atoms with Gasteiger partial charge in [0.15, 0.2) is 0 Å². The van der Waals surface area contributed by atoms with Gasteiger partial charge in [0.25, 0.3) is 0 Å². The maximum absolute atomic E-state index is 14.2. The molecule has 2 heterocycles. The lowest BCUT2D eigenvalue weighted by Crippen LogP contribution is -2.49. The monoisotopic (exact) mass is 420 g/mol. The summed E-state index contributed by atoms with van der Waals surface area (Å²) in [6, 6.07) is 2.95. The molecule has 0 saturated carbocycles. The fourth-order valence-electron chi connectivity index (χ4n) is 4.12. The van der Waals surface area contributed by atoms with Crippen LogP contribution in [0.5, 0.6) is 0 Å². The van der Waals surface area contributed by atoms with E-state index in [1.807, 2.05) is 0 Å². The van der Waals surface area contributed by atoms with E-state index in [0.29, 0.717) is 38.5 Å². The fraction of sp³-hybridized carbons (Fsp3) is 0.524. The second-order valence-corrected chi connectivity index (χ2v) is 7.66. The standard InChI is InChI=1S/C21H30F2N6O/c1-4-28(11-20(25)27-3)19-10-29(9-18(19)26-2)14-8-17(24)21(30-12-14)15-7-13(22)5-6-16(15)23/h5-7,14,17,21H,2,4,8-12,24H2,1,3H3,(H2,25,27)/t14?,17?,21-/m1/s1. The number of nitrogens with two attached hydrogens (primary N) is 2. The van der Waals surface area contributed by atoms with E-state index in [4.69, 9.17) is 16.2 Å². The number of hydrogen-bond donors (Lipinski definition) is 2. The van der Waals surface area contributed by atoms with Gasteiger partial charge in [-0.05, 0) is 38.3 Å². The fourth-order valence-corrected chi connectivity index (χ4v) is 4.12. The Balaban J connectivity index is 1.69. The number of aliphatic imine (C=N–C) groups is 2. The van der Waals surface area contributed by atoms with Gasteiger partial charge in [0, 0.05) is 44.3 Å². The molecule has 0 aliphatic carbocycles. The SMILES string of the molecule is C=NC1=C(N(CC)CC(N)=NC)CN(C2CO[C@H](c3cc(F)ccc3F)C(N)C2)C1. The second-order valence-electron chi connectivity index (χ2n) is 7.66. The minimum Gasteiger partial charge on any atom is -0.386 e. The van der Waals surface area contributed by atoms with Crippen LogP contribution in [0, 0.1) is 11.6 Å². The third-order valence-electron chi connectivity index (χ3n) is 5.82. The maximum atomic E-state index is 14.2. The molecule has 0 aromatic heterocycles. The van der Waals surface area contributed by atoms with Crippen LogP contribution in [-0.2, 0) is 4.74 Å². The van der Waals surface area contributed by atoms with Gasteiger partial charge in [-0.25, -0.2) is 8.78 Å². The van der Waals surface area contributed by atoms with Crippen molar-refractivity contribution in [3.63, 3.8) is 0 Å². The highest BCUT2D eigenvalue weighted by Crippen LogP contribution is 2.33. The molecule has 2 aliphatic rings. The Hall–Kier alpha value is -2.36. The molecule has 7 nitrogen and oxygen atoms in total. The zero-order chi connectivity index (χ0) is 21.8. The summed E-state index contributed by atoms with van der Waals surface area (Å²) in [5.41, 5.74) is 14.4. The molecule has 2 unspecified atom stereocenters. The number of likely N-dealkylation sites (N-methyl/N-ethyl adjacent to an activating group) is 1. The molecular formula is C21H30F2N6O. The molecule has 0 radical (unpaired) electrons. The smallest absolute Gasteiger partial charge is 0.129 e. The van der Waals surface area contributed by atoms with Crippen molar-refractivity contribution < 1.29 is 13.5 Å². The Kier molecular flexibility index (Phi) is 7.17. The number of hydrogen-bond acceptors (Lipinski definition) is 6. The number of amidine groups is 1. The van der Waals surface area contributed by atoms with Crippen molar-refractivity contribution in [2.75, 3.05) is 39.8 Å². The van der Waals surface area contributed by atoms with Crippen molar-refractivity contribution in [1.82, 2.24) is 9.80 Å². The van der Waals surface area contributed by atoms with Crippen LogP contribution in [0.4, 0.5) is 8.78 Å². The zero-order valence-electron chi connectivity index (χ0n) is 17.5. The van der Waals surface area contributed by atoms with Crippen LogP contribution in [-0.4, -0.2) is 74.3 Å². The van der Waals surface area contributed by atoms with Crippen molar-refractivity contribution in [3.8, 4) is 0 Å². The quantitative estimate of drug-likeness (QED) is 0.517. The topological polar surface area (TPSA) is 92.5 Å². The van der Waals surface area contributed by atoms with Crippen molar-refractivity contribution >= 4 is 12.6 Å². The Morgan fingerprint density at radius 2 is 2.13 bits per heavy atom. The molecule has 4 N–H and O–H groups in total. The summed E-state index contributed by atoms with van der Waals surface area (Å²) in [5, 5.41) is 0. The van der Waals surface area contributed by atoms with E-state index in [1.165, 1.54) is 0 Å². The van der Waals surface area contributed by atoms with Crippen molar-refractivity contribution in [1.29, 1.82) is 0 Å². The number of ether oxygens (including phenoxy) is 1. The van der Waals surface area contributed by atoms with Crippen LogP contribution in [0.1, 0.15) is 25.0 Å². The first-order valence-corrected chi connectivity index (χ1v) is 10.1. The van der Waals surface area contributed by atoms with E-state index in [-0.39, 0.29) is 11.6 Å². The van der Waals surface area contributed by atoms with E-state index in [1.54, 1.807) is 7.05 Å². The molecule has 9 heteroatoms. The van der Waals surface area contributed by atoms with E-state index in [9.17, 15) is 8.78 Å². The van der Waals surface area contributed by atoms with Crippen LogP contribution >= 0.6 is 0 Å². The predicted molar refractivity (Wildman–Crippen MR) is 114 cm³/mol. The van der Waals surface area contributed by atoms with E-state index < -0.39 is 23.8 Å². The lowest BCUT2D eigenvalue weighted by molar-refractivity contribution is -0.0469. The highest BCUT2D eigenvalue weighted by Gasteiger charge is 2.37. The molecule has 1 fully saturated rings. The molecule has 0 amide bonds. The van der Waals surface area contributed by atoms with E-state index in [0.717, 1.165) is 36.1 Å². The Morgan fingerprint density at radius 1 is 1.37 bits per heavy atom. The van der Waals surface area contributed by atoms with Crippen LogP contribution in [0.2, 0.25) is 0 Å². The lowest BCUT2D eigenvalue weighted by atomic mass is 9.93. The molecule has 0 bridgehead atoms. The van der Waals surface area contributed by atoms with Gasteiger partial charge in [0.05, 0.1) is 24.5 Å². The first-order valence-electron chi connectivity index (χ1n) is 10.1. The Morgan fingerprint density at radius 3 is 2.77 bits per heavy atom. The lowest BCUT2D eigenvalue weighted by Gasteiger charge is -2.39. The molecule has 1 saturated heterocycles. The molecule has 3 rings (SSSR count). The number of nitrogens with zero attached hydrogens (tertiary/aromatic N) is 4. The van der Waals surface area contributed by atoms with E-state index >= 15 is 0 Å². The molecular weight excluding hydrogens is 390 g/mol. The summed E-state index contributed by atoms with van der Waals surface area (Å²) in [6.45, 7) is 8.72. The van der Waals surface area contributed by atoms with Crippen molar-refractivity contribution in [2.45, 2.75) is 31.5 Å². The van der Waals surface area contributed by atoms with Gasteiger partial charge in [-0.1, -0.05) is 0 Å². The van der Waals surface area contributed by atoms with Gasteiger partial charge >= 0.3 is 0 Å². The molecule has 164 valence electrons. The number of benzene rings is 1. The van der Waals surface area contributed by atoms with Gasteiger partial charge in [-0.15, -0.1) is 0 Å². The third-order valence-corrected chi connectivity index (χ3v) is 5.82. The first-order chi connectivity index (χ1) is 14.4. The first kappa shape index (κ1) is 22.3. The summed E-state index contributed by atoms with van der Waals surface area (Å²) in [5.74, 6) is -0.463. The van der Waals surface area contributed by atoms with Gasteiger partial charge in [-0.3, -0.25) is 14.9 Å². The average Bonchev–Trinajstić information content (AvgIpc) is 3.18. The van der Waals surface area contributed by atoms with Crippen LogP contribution in [0.3, 0.4) is 0 Å². The second kappa shape index (κ2) is 9.63. The number of rotatable bonds is 7. The van der Waals surface area contributed by atoms with Crippen molar-refractivity contribution in [2.24, 2.45) is 21.5 Å². The molecule has 0 spiro atoms. The summed E-state index contributed by atoms with van der Waals surface area (Å²) >= 11 is 0. The largest absolute Gasteiger partial charge is 0.386 e. The molecule has 2 aliphatic heterocycles. The molecule has 1 aromatic rings. The normalized spacial score (nSPS) is 25.6. The van der Waals surface area contributed by atoms with Crippen LogP contribution < -0.4 is 11.5 Å². The molecule has 1 aromatic carbocycles. The Labute approximate surface area is 176 Å². The van der Waals surface area contributed by atoms with Gasteiger partial charge in [0.1, 0.15) is 23.6 Å². The molecule has 3 atom stereocenters. The van der Waals surface area contributed by atoms with E-state index in [2.05, 4.69) is 33.4 Å². The summed E-state index contributed by atoms with van der Waals surface area (Å²) in [6.07, 6.45) is -0.0695. The minimum absolute atomic E-state index is 0.0398. The third kappa shape index (κ3) is 4.69. The Bertz CT molecular complexity index is 843. The summed E-state index contributed by atoms with van der Waals surface area (Å²) in [7, 11) is 1.67. The minimum atomic E-state index is -0.670. The van der Waals surface area contributed by atoms with Crippen molar-refractivity contribution in [3.05, 3.63) is 46.8 Å². The highest BCUT2D eigenvalue weighted by molar-refractivity contribution is 5.82. The zero-order valence-corrected chi connectivity index (χ0v) is 17.5. The van der Waals surface area contributed by atoms with Gasteiger partial charge in [-0.2, -0.15) is 0 Å². The van der Waals surface area contributed by atoms with Crippen LogP contribution in [0.25, 0.3) is 0 Å². The highest BCUT2D eigenvalue weighted by atomic mass is 19.1. The maximum Gasteiger partial charge on any atom is 0.129 e. The number of halogens is 2. The average molecular weight is 421 g/mol. The summed E-state index contributed by atoms with van der Waals surface area (Å²) in [4.78, 5) is 12.6. The summed E-state index contributed by atoms with van der Waals surface area (Å²) < 4.78 is 33.7. The molecule has 30 heavy (non-hydrogen) atoms.